The summed E-state index contributed by atoms with van der Waals surface area (Å²) in [5, 5.41) is 7.37. The first-order chi connectivity index (χ1) is 11.2. The summed E-state index contributed by atoms with van der Waals surface area (Å²) in [6.45, 7) is 0.708. The monoisotopic (exact) mass is 314 g/mol. The van der Waals surface area contributed by atoms with Crippen molar-refractivity contribution >= 4 is 5.91 Å². The van der Waals surface area contributed by atoms with E-state index >= 15 is 0 Å². The lowest BCUT2D eigenvalue weighted by molar-refractivity contribution is -0.122. The van der Waals surface area contributed by atoms with E-state index in [-0.39, 0.29) is 18.5 Å². The molecule has 0 aliphatic heterocycles. The molecular formula is C17H22N4O2. The smallest absolute Gasteiger partial charge is 0.241 e. The van der Waals surface area contributed by atoms with Gasteiger partial charge in [-0.2, -0.15) is 5.10 Å². The van der Waals surface area contributed by atoms with Gasteiger partial charge in [0.05, 0.1) is 12.8 Å². The summed E-state index contributed by atoms with van der Waals surface area (Å²) in [7, 11) is 1.63. The quantitative estimate of drug-likeness (QED) is 0.877. The summed E-state index contributed by atoms with van der Waals surface area (Å²) in [5.74, 6) is 0.743. The topological polar surface area (TPSA) is 82.2 Å². The van der Waals surface area contributed by atoms with Crippen LogP contribution >= 0.6 is 0 Å². The van der Waals surface area contributed by atoms with Gasteiger partial charge in [0, 0.05) is 18.8 Å². The number of benzene rings is 1. The van der Waals surface area contributed by atoms with Crippen LogP contribution in [0.2, 0.25) is 0 Å². The number of methoxy groups -OCH3 is 1. The molecule has 6 heteroatoms. The van der Waals surface area contributed by atoms with Crippen LogP contribution in [-0.2, 0) is 24.3 Å². The molecule has 1 aliphatic rings. The average molecular weight is 314 g/mol. The van der Waals surface area contributed by atoms with Crippen molar-refractivity contribution in [2.24, 2.45) is 5.73 Å². The van der Waals surface area contributed by atoms with E-state index in [1.54, 1.807) is 11.8 Å². The maximum atomic E-state index is 12.1. The van der Waals surface area contributed by atoms with Crippen molar-refractivity contribution < 1.29 is 9.53 Å². The van der Waals surface area contributed by atoms with E-state index in [0.29, 0.717) is 6.54 Å². The number of aromatic nitrogens is 2. The maximum absolute atomic E-state index is 12.1. The van der Waals surface area contributed by atoms with Crippen molar-refractivity contribution in [1.29, 1.82) is 0 Å². The second-order valence-corrected chi connectivity index (χ2v) is 5.86. The van der Waals surface area contributed by atoms with E-state index < -0.39 is 0 Å². The lowest BCUT2D eigenvalue weighted by Gasteiger charge is -2.15. The Morgan fingerprint density at radius 3 is 2.91 bits per heavy atom. The van der Waals surface area contributed by atoms with Gasteiger partial charge < -0.3 is 15.8 Å². The van der Waals surface area contributed by atoms with Crippen LogP contribution in [0.3, 0.4) is 0 Å². The standard InChI is InChI=1S/C17H22N4O2/c1-23-14-7-5-12(6-8-14)9-19-16(22)11-21-10-13-3-2-4-15(18)17(13)20-21/h5-8,10,15H,2-4,9,11,18H2,1H3,(H,19,22). The van der Waals surface area contributed by atoms with Gasteiger partial charge in [-0.05, 0) is 42.5 Å². The molecule has 0 radical (unpaired) electrons. The highest BCUT2D eigenvalue weighted by molar-refractivity contribution is 5.75. The van der Waals surface area contributed by atoms with Gasteiger partial charge in [-0.3, -0.25) is 9.48 Å². The third-order valence-corrected chi connectivity index (χ3v) is 4.14. The molecule has 0 saturated carbocycles. The second kappa shape index (κ2) is 6.83. The molecule has 0 saturated heterocycles. The fourth-order valence-corrected chi connectivity index (χ4v) is 2.86. The largest absolute Gasteiger partial charge is 0.497 e. The summed E-state index contributed by atoms with van der Waals surface area (Å²) >= 11 is 0. The number of fused-ring (bicyclic) bond motifs is 1. The van der Waals surface area contributed by atoms with Crippen molar-refractivity contribution in [3.63, 3.8) is 0 Å². The molecule has 1 aromatic heterocycles. The van der Waals surface area contributed by atoms with Gasteiger partial charge in [0.1, 0.15) is 12.3 Å². The number of carbonyl (C=O) groups excluding carboxylic acids is 1. The Kier molecular flexibility index (Phi) is 4.62. The van der Waals surface area contributed by atoms with Gasteiger partial charge in [-0.1, -0.05) is 12.1 Å². The van der Waals surface area contributed by atoms with Gasteiger partial charge in [0.15, 0.2) is 0 Å². The molecule has 122 valence electrons. The van der Waals surface area contributed by atoms with E-state index in [0.717, 1.165) is 36.3 Å². The Bertz CT molecular complexity index is 678. The van der Waals surface area contributed by atoms with Gasteiger partial charge >= 0.3 is 0 Å². The molecule has 1 unspecified atom stereocenters. The number of hydrogen-bond donors (Lipinski definition) is 2. The number of carbonyl (C=O) groups is 1. The zero-order valence-corrected chi connectivity index (χ0v) is 13.3. The third kappa shape index (κ3) is 3.71. The SMILES string of the molecule is COc1ccc(CNC(=O)Cn2cc3c(n2)C(N)CCC3)cc1. The summed E-state index contributed by atoms with van der Waals surface area (Å²) < 4.78 is 6.81. The predicted octanol–water partition coefficient (Wildman–Crippen LogP) is 1.54. The molecule has 0 bridgehead atoms. The number of rotatable bonds is 5. The van der Waals surface area contributed by atoms with Gasteiger partial charge in [-0.25, -0.2) is 0 Å². The molecule has 1 atom stereocenters. The van der Waals surface area contributed by atoms with Crippen LogP contribution in [-0.4, -0.2) is 22.8 Å². The van der Waals surface area contributed by atoms with E-state index in [4.69, 9.17) is 10.5 Å². The minimum atomic E-state index is -0.0609. The second-order valence-electron chi connectivity index (χ2n) is 5.86. The zero-order valence-electron chi connectivity index (χ0n) is 13.3. The van der Waals surface area contributed by atoms with Crippen molar-refractivity contribution in [2.75, 3.05) is 7.11 Å². The van der Waals surface area contributed by atoms with E-state index in [2.05, 4.69) is 10.4 Å². The summed E-state index contributed by atoms with van der Waals surface area (Å²) in [6, 6.07) is 7.63. The van der Waals surface area contributed by atoms with Gasteiger partial charge in [0.2, 0.25) is 5.91 Å². The summed E-state index contributed by atoms with van der Waals surface area (Å²) in [5.41, 5.74) is 9.21. The highest BCUT2D eigenvalue weighted by Crippen LogP contribution is 2.26. The van der Waals surface area contributed by atoms with Crippen LogP contribution in [0.25, 0.3) is 0 Å². The lowest BCUT2D eigenvalue weighted by atomic mass is 9.95. The molecule has 23 heavy (non-hydrogen) atoms. The number of aryl methyl sites for hydroxylation is 1. The fraction of sp³-hybridized carbons (Fsp3) is 0.412. The minimum Gasteiger partial charge on any atom is -0.497 e. The Morgan fingerprint density at radius 1 is 1.43 bits per heavy atom. The molecule has 1 aromatic carbocycles. The minimum absolute atomic E-state index is 0.00219. The van der Waals surface area contributed by atoms with Crippen LogP contribution in [0.15, 0.2) is 30.5 Å². The van der Waals surface area contributed by atoms with Crippen LogP contribution < -0.4 is 15.8 Å². The number of nitrogens with one attached hydrogen (secondary N) is 1. The average Bonchev–Trinajstić information content (AvgIpc) is 2.97. The van der Waals surface area contributed by atoms with Gasteiger partial charge in [0.25, 0.3) is 0 Å². The highest BCUT2D eigenvalue weighted by Gasteiger charge is 2.21. The van der Waals surface area contributed by atoms with Crippen LogP contribution in [0, 0.1) is 0 Å². The molecule has 6 nitrogen and oxygen atoms in total. The molecular weight excluding hydrogens is 292 g/mol. The molecule has 0 fully saturated rings. The lowest BCUT2D eigenvalue weighted by Crippen LogP contribution is -2.27. The number of nitrogens with two attached hydrogens (primary N) is 1. The Labute approximate surface area is 135 Å². The van der Waals surface area contributed by atoms with E-state index in [1.165, 1.54) is 5.56 Å². The molecule has 3 N–H and O–H groups in total. The normalized spacial score (nSPS) is 16.7. The number of nitrogens with zero attached hydrogens (tertiary/aromatic N) is 2. The zero-order chi connectivity index (χ0) is 16.2. The first kappa shape index (κ1) is 15.6. The fourth-order valence-electron chi connectivity index (χ4n) is 2.86. The molecule has 1 aliphatic carbocycles. The van der Waals surface area contributed by atoms with Crippen molar-refractivity contribution in [2.45, 2.75) is 38.4 Å². The Hall–Kier alpha value is -2.34. The van der Waals surface area contributed by atoms with E-state index in [1.807, 2.05) is 30.5 Å². The summed E-state index contributed by atoms with van der Waals surface area (Å²) in [6.07, 6.45) is 5.00. The van der Waals surface area contributed by atoms with Crippen LogP contribution in [0.4, 0.5) is 0 Å². The first-order valence-corrected chi connectivity index (χ1v) is 7.87. The molecule has 3 rings (SSSR count). The Balaban J connectivity index is 1.55. The van der Waals surface area contributed by atoms with Crippen molar-refractivity contribution in [3.05, 3.63) is 47.3 Å². The molecule has 2 aromatic rings. The molecule has 1 heterocycles. The van der Waals surface area contributed by atoms with Crippen molar-refractivity contribution in [1.82, 2.24) is 15.1 Å². The van der Waals surface area contributed by atoms with E-state index in [9.17, 15) is 4.79 Å². The predicted molar refractivity (Wildman–Crippen MR) is 86.9 cm³/mol. The van der Waals surface area contributed by atoms with Crippen LogP contribution in [0.1, 0.15) is 35.7 Å². The maximum Gasteiger partial charge on any atom is 0.241 e. The summed E-state index contributed by atoms with van der Waals surface area (Å²) in [4.78, 5) is 12.1. The first-order valence-electron chi connectivity index (χ1n) is 7.87. The highest BCUT2D eigenvalue weighted by atomic mass is 16.5. The third-order valence-electron chi connectivity index (χ3n) is 4.14. The van der Waals surface area contributed by atoms with Crippen LogP contribution in [0.5, 0.6) is 5.75 Å². The number of hydrogen-bond acceptors (Lipinski definition) is 4. The molecule has 0 spiro atoms. The van der Waals surface area contributed by atoms with Crippen molar-refractivity contribution in [3.8, 4) is 5.75 Å². The number of ether oxygens (including phenoxy) is 1. The van der Waals surface area contributed by atoms with Gasteiger partial charge in [-0.15, -0.1) is 0 Å². The molecule has 1 amide bonds. The number of amides is 1. The Morgan fingerprint density at radius 2 is 2.22 bits per heavy atom.